The van der Waals surface area contributed by atoms with Crippen molar-refractivity contribution in [2.45, 2.75) is 26.2 Å². The molecular formula is C13H15N3S. The maximum Gasteiger partial charge on any atom is 0.182 e. The molecule has 0 atom stereocenters. The number of pyridine rings is 1. The quantitative estimate of drug-likeness (QED) is 0.883. The molecule has 2 aromatic rings. The van der Waals surface area contributed by atoms with Crippen LogP contribution in [0.15, 0.2) is 11.4 Å². The zero-order valence-corrected chi connectivity index (χ0v) is 10.9. The first-order valence-electron chi connectivity index (χ1n) is 5.91. The average Bonchev–Trinajstić information content (AvgIpc) is 2.94. The SMILES string of the molecule is CNc1nc(-c2cc3c(nc2C)CCC3)cs1. The van der Waals surface area contributed by atoms with Crippen LogP contribution < -0.4 is 5.32 Å². The number of aromatic nitrogens is 2. The van der Waals surface area contributed by atoms with Crippen molar-refractivity contribution >= 4 is 16.5 Å². The Hall–Kier alpha value is -1.42. The van der Waals surface area contributed by atoms with Gasteiger partial charge in [-0.05, 0) is 37.8 Å². The minimum Gasteiger partial charge on any atom is -0.365 e. The largest absolute Gasteiger partial charge is 0.365 e. The third-order valence-corrected chi connectivity index (χ3v) is 4.10. The maximum atomic E-state index is 4.71. The third-order valence-electron chi connectivity index (χ3n) is 3.24. The topological polar surface area (TPSA) is 37.8 Å². The van der Waals surface area contributed by atoms with Gasteiger partial charge in [-0.15, -0.1) is 11.3 Å². The molecule has 88 valence electrons. The van der Waals surface area contributed by atoms with Crippen LogP contribution in [0, 0.1) is 6.92 Å². The van der Waals surface area contributed by atoms with Gasteiger partial charge >= 0.3 is 0 Å². The van der Waals surface area contributed by atoms with Crippen molar-refractivity contribution in [1.29, 1.82) is 0 Å². The van der Waals surface area contributed by atoms with E-state index in [0.29, 0.717) is 0 Å². The van der Waals surface area contributed by atoms with E-state index >= 15 is 0 Å². The maximum absolute atomic E-state index is 4.71. The Kier molecular flexibility index (Phi) is 2.59. The van der Waals surface area contributed by atoms with Gasteiger partial charge in [0.15, 0.2) is 5.13 Å². The van der Waals surface area contributed by atoms with Crippen molar-refractivity contribution in [3.63, 3.8) is 0 Å². The summed E-state index contributed by atoms with van der Waals surface area (Å²) in [6.07, 6.45) is 3.54. The lowest BCUT2D eigenvalue weighted by Gasteiger charge is -2.06. The fourth-order valence-corrected chi connectivity index (χ4v) is 3.02. The van der Waals surface area contributed by atoms with Gasteiger partial charge in [-0.25, -0.2) is 4.98 Å². The van der Waals surface area contributed by atoms with Crippen LogP contribution in [0.25, 0.3) is 11.3 Å². The Labute approximate surface area is 105 Å². The number of fused-ring (bicyclic) bond motifs is 1. The molecular weight excluding hydrogens is 230 g/mol. The lowest BCUT2D eigenvalue weighted by atomic mass is 10.1. The minimum atomic E-state index is 0.958. The molecule has 0 bridgehead atoms. The first-order valence-corrected chi connectivity index (χ1v) is 6.79. The monoisotopic (exact) mass is 245 g/mol. The van der Waals surface area contributed by atoms with Gasteiger partial charge in [-0.1, -0.05) is 0 Å². The van der Waals surface area contributed by atoms with E-state index in [9.17, 15) is 0 Å². The van der Waals surface area contributed by atoms with Crippen LogP contribution in [-0.2, 0) is 12.8 Å². The van der Waals surface area contributed by atoms with Gasteiger partial charge in [-0.3, -0.25) is 4.98 Å². The summed E-state index contributed by atoms with van der Waals surface area (Å²) in [6, 6.07) is 2.28. The molecule has 1 aliphatic rings. The lowest BCUT2D eigenvalue weighted by molar-refractivity contribution is 0.897. The number of aryl methyl sites for hydroxylation is 3. The van der Waals surface area contributed by atoms with Gasteiger partial charge < -0.3 is 5.32 Å². The second-order valence-electron chi connectivity index (χ2n) is 4.37. The lowest BCUT2D eigenvalue weighted by Crippen LogP contribution is -1.95. The van der Waals surface area contributed by atoms with Gasteiger partial charge in [0.25, 0.3) is 0 Å². The van der Waals surface area contributed by atoms with Gasteiger partial charge in [0.1, 0.15) is 0 Å². The van der Waals surface area contributed by atoms with E-state index in [1.807, 2.05) is 7.05 Å². The summed E-state index contributed by atoms with van der Waals surface area (Å²) in [4.78, 5) is 9.26. The molecule has 0 saturated heterocycles. The number of anilines is 1. The molecule has 17 heavy (non-hydrogen) atoms. The molecule has 2 aromatic heterocycles. The van der Waals surface area contributed by atoms with Crippen molar-refractivity contribution in [2.24, 2.45) is 0 Å². The van der Waals surface area contributed by atoms with Crippen molar-refractivity contribution in [2.75, 3.05) is 12.4 Å². The molecule has 0 spiro atoms. The Bertz CT molecular complexity index is 560. The van der Waals surface area contributed by atoms with Crippen LogP contribution in [0.4, 0.5) is 5.13 Å². The van der Waals surface area contributed by atoms with Crippen molar-refractivity contribution < 1.29 is 0 Å². The van der Waals surface area contributed by atoms with Crippen molar-refractivity contribution in [1.82, 2.24) is 9.97 Å². The zero-order chi connectivity index (χ0) is 11.8. The van der Waals surface area contributed by atoms with Crippen LogP contribution in [0.1, 0.15) is 23.4 Å². The Morgan fingerprint density at radius 2 is 2.18 bits per heavy atom. The molecule has 1 aliphatic carbocycles. The zero-order valence-electron chi connectivity index (χ0n) is 10.1. The predicted molar refractivity (Wildman–Crippen MR) is 71.7 cm³/mol. The summed E-state index contributed by atoms with van der Waals surface area (Å²) < 4.78 is 0. The Morgan fingerprint density at radius 3 is 2.94 bits per heavy atom. The number of hydrogen-bond acceptors (Lipinski definition) is 4. The number of hydrogen-bond donors (Lipinski definition) is 1. The fraction of sp³-hybridized carbons (Fsp3) is 0.385. The average molecular weight is 245 g/mol. The highest BCUT2D eigenvalue weighted by atomic mass is 32.1. The molecule has 0 aliphatic heterocycles. The predicted octanol–water partition coefficient (Wildman–Crippen LogP) is 3.04. The van der Waals surface area contributed by atoms with E-state index in [4.69, 9.17) is 4.98 Å². The summed E-state index contributed by atoms with van der Waals surface area (Å²) in [5, 5.41) is 6.13. The highest BCUT2D eigenvalue weighted by Crippen LogP contribution is 2.30. The van der Waals surface area contributed by atoms with E-state index in [1.165, 1.54) is 29.7 Å². The molecule has 0 fully saturated rings. The fourth-order valence-electron chi connectivity index (χ4n) is 2.35. The number of thiazole rings is 1. The van der Waals surface area contributed by atoms with Gasteiger partial charge in [0, 0.05) is 29.4 Å². The van der Waals surface area contributed by atoms with Gasteiger partial charge in [-0.2, -0.15) is 0 Å². The first-order chi connectivity index (χ1) is 8.28. The summed E-state index contributed by atoms with van der Waals surface area (Å²) >= 11 is 1.64. The highest BCUT2D eigenvalue weighted by molar-refractivity contribution is 7.14. The number of rotatable bonds is 2. The molecule has 3 rings (SSSR count). The third kappa shape index (κ3) is 1.82. The Balaban J connectivity index is 2.08. The van der Waals surface area contributed by atoms with Gasteiger partial charge in [0.05, 0.1) is 5.69 Å². The summed E-state index contributed by atoms with van der Waals surface area (Å²) in [7, 11) is 1.90. The molecule has 0 aromatic carbocycles. The highest BCUT2D eigenvalue weighted by Gasteiger charge is 2.16. The summed E-state index contributed by atoms with van der Waals surface area (Å²) in [6.45, 7) is 2.08. The molecule has 0 unspecified atom stereocenters. The molecule has 4 heteroatoms. The minimum absolute atomic E-state index is 0.958. The standard InChI is InChI=1S/C13H15N3S/c1-8-10(12-7-17-13(14-2)16-12)6-9-4-3-5-11(9)15-8/h6-7H,3-5H2,1-2H3,(H,14,16). The second-order valence-corrected chi connectivity index (χ2v) is 5.23. The second kappa shape index (κ2) is 4.11. The van der Waals surface area contributed by atoms with Crippen LogP contribution in [0.3, 0.4) is 0 Å². The van der Waals surface area contributed by atoms with Crippen LogP contribution in [0.5, 0.6) is 0 Å². The number of nitrogens with one attached hydrogen (secondary N) is 1. The molecule has 0 radical (unpaired) electrons. The van der Waals surface area contributed by atoms with Crippen LogP contribution >= 0.6 is 11.3 Å². The molecule has 3 nitrogen and oxygen atoms in total. The van der Waals surface area contributed by atoms with E-state index in [1.54, 1.807) is 11.3 Å². The van der Waals surface area contributed by atoms with E-state index < -0.39 is 0 Å². The Morgan fingerprint density at radius 1 is 1.29 bits per heavy atom. The van der Waals surface area contributed by atoms with E-state index in [-0.39, 0.29) is 0 Å². The molecule has 2 heterocycles. The van der Waals surface area contributed by atoms with Crippen molar-refractivity contribution in [3.05, 3.63) is 28.4 Å². The first kappa shape index (κ1) is 10.7. The van der Waals surface area contributed by atoms with Crippen molar-refractivity contribution in [3.8, 4) is 11.3 Å². The molecule has 1 N–H and O–H groups in total. The normalized spacial score (nSPS) is 13.8. The molecule has 0 saturated carbocycles. The number of nitrogens with zero attached hydrogens (tertiary/aromatic N) is 2. The van der Waals surface area contributed by atoms with Gasteiger partial charge in [0.2, 0.25) is 0 Å². The summed E-state index contributed by atoms with van der Waals surface area (Å²) in [5.41, 5.74) is 6.01. The summed E-state index contributed by atoms with van der Waals surface area (Å²) in [5.74, 6) is 0. The van der Waals surface area contributed by atoms with E-state index in [2.05, 4.69) is 28.7 Å². The smallest absolute Gasteiger partial charge is 0.182 e. The van der Waals surface area contributed by atoms with Crippen LogP contribution in [-0.4, -0.2) is 17.0 Å². The molecule has 0 amide bonds. The van der Waals surface area contributed by atoms with Crippen LogP contribution in [0.2, 0.25) is 0 Å². The van der Waals surface area contributed by atoms with E-state index in [0.717, 1.165) is 22.9 Å².